The average Bonchev–Trinajstić information content (AvgIpc) is 2.65. The third kappa shape index (κ3) is 5.71. The van der Waals surface area contributed by atoms with Crippen LogP contribution < -0.4 is 19.5 Å². The molecule has 2 aromatic carbocycles. The van der Waals surface area contributed by atoms with E-state index in [0.717, 1.165) is 22.8 Å². The van der Waals surface area contributed by atoms with Gasteiger partial charge in [0.15, 0.2) is 6.10 Å². The topological polar surface area (TPSA) is 56.8 Å². The number of amides is 1. The zero-order valence-electron chi connectivity index (χ0n) is 15.0. The van der Waals surface area contributed by atoms with E-state index in [9.17, 15) is 4.79 Å². The van der Waals surface area contributed by atoms with Crippen molar-refractivity contribution >= 4 is 5.91 Å². The highest BCUT2D eigenvalue weighted by molar-refractivity contribution is 5.81. The number of benzene rings is 2. The Morgan fingerprint density at radius 1 is 1.08 bits per heavy atom. The summed E-state index contributed by atoms with van der Waals surface area (Å²) in [7, 11) is 1.62. The van der Waals surface area contributed by atoms with Gasteiger partial charge in [-0.05, 0) is 49.2 Å². The van der Waals surface area contributed by atoms with Gasteiger partial charge in [0.1, 0.15) is 23.9 Å². The molecule has 1 N–H and O–H groups in total. The van der Waals surface area contributed by atoms with E-state index in [2.05, 4.69) is 5.32 Å². The van der Waals surface area contributed by atoms with Crippen LogP contribution in [0.4, 0.5) is 0 Å². The van der Waals surface area contributed by atoms with Gasteiger partial charge < -0.3 is 19.5 Å². The number of carbonyl (C=O) groups is 1. The van der Waals surface area contributed by atoms with E-state index in [-0.39, 0.29) is 5.91 Å². The summed E-state index contributed by atoms with van der Waals surface area (Å²) in [5.41, 5.74) is 1.01. The first-order valence-corrected chi connectivity index (χ1v) is 8.41. The molecule has 0 aliphatic heterocycles. The molecule has 0 aromatic heterocycles. The van der Waals surface area contributed by atoms with E-state index in [1.807, 2.05) is 62.4 Å². The lowest BCUT2D eigenvalue weighted by molar-refractivity contribution is -0.128. The maximum absolute atomic E-state index is 12.3. The van der Waals surface area contributed by atoms with Crippen LogP contribution >= 0.6 is 0 Å². The van der Waals surface area contributed by atoms with Crippen LogP contribution in [0.25, 0.3) is 0 Å². The summed E-state index contributed by atoms with van der Waals surface area (Å²) in [6.07, 6.45) is 0.0848. The summed E-state index contributed by atoms with van der Waals surface area (Å²) in [5.74, 6) is 2.11. The summed E-state index contributed by atoms with van der Waals surface area (Å²) < 4.78 is 16.5. The number of para-hydroxylation sites is 1. The highest BCUT2D eigenvalue weighted by Crippen LogP contribution is 2.19. The molecule has 1 amide bonds. The highest BCUT2D eigenvalue weighted by Gasteiger charge is 2.18. The number of rotatable bonds is 9. The molecule has 0 radical (unpaired) electrons. The van der Waals surface area contributed by atoms with E-state index >= 15 is 0 Å². The lowest BCUT2D eigenvalue weighted by Gasteiger charge is -2.18. The number of nitrogens with one attached hydrogen (secondary N) is 1. The molecule has 0 bridgehead atoms. The second-order valence-electron chi connectivity index (χ2n) is 5.60. The van der Waals surface area contributed by atoms with Crippen molar-refractivity contribution in [3.05, 3.63) is 54.1 Å². The Morgan fingerprint density at radius 3 is 2.40 bits per heavy atom. The maximum Gasteiger partial charge on any atom is 0.261 e. The number of hydrogen-bond donors (Lipinski definition) is 1. The molecule has 2 rings (SSSR count). The number of methoxy groups -OCH3 is 1. The Kier molecular flexibility index (Phi) is 7.14. The van der Waals surface area contributed by atoms with Crippen LogP contribution in [0.3, 0.4) is 0 Å². The van der Waals surface area contributed by atoms with E-state index in [4.69, 9.17) is 14.2 Å². The third-order valence-electron chi connectivity index (χ3n) is 3.76. The smallest absolute Gasteiger partial charge is 0.261 e. The molecule has 0 saturated heterocycles. The quantitative estimate of drug-likeness (QED) is 0.710. The fraction of sp³-hybridized carbons (Fsp3) is 0.350. The van der Waals surface area contributed by atoms with Gasteiger partial charge >= 0.3 is 0 Å². The number of ether oxygens (including phenoxy) is 3. The molecular weight excluding hydrogens is 318 g/mol. The summed E-state index contributed by atoms with van der Waals surface area (Å²) in [5, 5.41) is 2.85. The van der Waals surface area contributed by atoms with Gasteiger partial charge in [0.2, 0.25) is 0 Å². The first-order chi connectivity index (χ1) is 12.1. The van der Waals surface area contributed by atoms with Gasteiger partial charge in [-0.1, -0.05) is 25.1 Å². The van der Waals surface area contributed by atoms with Crippen LogP contribution in [0, 0.1) is 6.92 Å². The minimum Gasteiger partial charge on any atom is -0.497 e. The van der Waals surface area contributed by atoms with Gasteiger partial charge in [0.05, 0.1) is 13.7 Å². The number of aryl methyl sites for hydroxylation is 1. The van der Waals surface area contributed by atoms with Crippen LogP contribution in [0.5, 0.6) is 17.2 Å². The summed E-state index contributed by atoms with van der Waals surface area (Å²) in [4.78, 5) is 12.3. The molecule has 0 aliphatic carbocycles. The molecule has 2 aromatic rings. The van der Waals surface area contributed by atoms with Gasteiger partial charge in [0.25, 0.3) is 5.91 Å². The summed E-state index contributed by atoms with van der Waals surface area (Å²) in [6.45, 7) is 4.69. The van der Waals surface area contributed by atoms with E-state index in [0.29, 0.717) is 19.6 Å². The van der Waals surface area contributed by atoms with Crippen LogP contribution in [0.1, 0.15) is 18.9 Å². The van der Waals surface area contributed by atoms with Crippen molar-refractivity contribution in [2.24, 2.45) is 0 Å². The fourth-order valence-corrected chi connectivity index (χ4v) is 2.29. The molecule has 0 fully saturated rings. The molecule has 25 heavy (non-hydrogen) atoms. The second-order valence-corrected chi connectivity index (χ2v) is 5.60. The van der Waals surface area contributed by atoms with Crippen LogP contribution in [0.2, 0.25) is 0 Å². The van der Waals surface area contributed by atoms with Gasteiger partial charge in [-0.15, -0.1) is 0 Å². The second kappa shape index (κ2) is 9.57. The van der Waals surface area contributed by atoms with Crippen molar-refractivity contribution in [3.8, 4) is 17.2 Å². The molecule has 5 heteroatoms. The summed E-state index contributed by atoms with van der Waals surface area (Å²) in [6, 6.07) is 15.0. The van der Waals surface area contributed by atoms with Crippen molar-refractivity contribution < 1.29 is 19.0 Å². The normalized spacial score (nSPS) is 11.5. The highest BCUT2D eigenvalue weighted by atomic mass is 16.5. The molecule has 0 saturated carbocycles. The van der Waals surface area contributed by atoms with Crippen molar-refractivity contribution in [1.82, 2.24) is 5.32 Å². The van der Waals surface area contributed by atoms with E-state index < -0.39 is 6.10 Å². The molecule has 0 spiro atoms. The standard InChI is InChI=1S/C20H25NO4/c1-4-18(25-19-8-6-5-7-15(19)2)20(22)21-13-14-24-17-11-9-16(23-3)10-12-17/h5-12,18H,4,13-14H2,1-3H3,(H,21,22)/t18-/m0/s1. The van der Waals surface area contributed by atoms with Gasteiger partial charge in [-0.2, -0.15) is 0 Å². The first-order valence-electron chi connectivity index (χ1n) is 8.41. The molecule has 134 valence electrons. The third-order valence-corrected chi connectivity index (χ3v) is 3.76. The Balaban J connectivity index is 1.76. The van der Waals surface area contributed by atoms with Crippen molar-refractivity contribution in [2.75, 3.05) is 20.3 Å². The SMILES string of the molecule is CC[C@H](Oc1ccccc1C)C(=O)NCCOc1ccc(OC)cc1. The maximum atomic E-state index is 12.3. The zero-order chi connectivity index (χ0) is 18.1. The lowest BCUT2D eigenvalue weighted by atomic mass is 10.2. The Hall–Kier alpha value is -2.69. The molecule has 5 nitrogen and oxygen atoms in total. The molecular formula is C20H25NO4. The van der Waals surface area contributed by atoms with Crippen molar-refractivity contribution in [1.29, 1.82) is 0 Å². The fourth-order valence-electron chi connectivity index (χ4n) is 2.29. The van der Waals surface area contributed by atoms with Crippen LogP contribution in [-0.4, -0.2) is 32.3 Å². The van der Waals surface area contributed by atoms with Crippen molar-refractivity contribution in [2.45, 2.75) is 26.4 Å². The Labute approximate surface area is 148 Å². The predicted molar refractivity (Wildman–Crippen MR) is 97.4 cm³/mol. The van der Waals surface area contributed by atoms with Gasteiger partial charge in [0, 0.05) is 0 Å². The number of hydrogen-bond acceptors (Lipinski definition) is 4. The molecule has 0 heterocycles. The largest absolute Gasteiger partial charge is 0.497 e. The lowest BCUT2D eigenvalue weighted by Crippen LogP contribution is -2.39. The van der Waals surface area contributed by atoms with E-state index in [1.54, 1.807) is 7.11 Å². The number of carbonyl (C=O) groups excluding carboxylic acids is 1. The van der Waals surface area contributed by atoms with Gasteiger partial charge in [-0.25, -0.2) is 0 Å². The summed E-state index contributed by atoms with van der Waals surface area (Å²) >= 11 is 0. The molecule has 1 atom stereocenters. The minimum absolute atomic E-state index is 0.135. The Bertz CT molecular complexity index is 670. The zero-order valence-corrected chi connectivity index (χ0v) is 15.0. The van der Waals surface area contributed by atoms with Crippen LogP contribution in [0.15, 0.2) is 48.5 Å². The van der Waals surface area contributed by atoms with Gasteiger partial charge in [-0.3, -0.25) is 4.79 Å². The minimum atomic E-state index is -0.512. The average molecular weight is 343 g/mol. The molecule has 0 aliphatic rings. The van der Waals surface area contributed by atoms with Crippen molar-refractivity contribution in [3.63, 3.8) is 0 Å². The Morgan fingerprint density at radius 2 is 1.76 bits per heavy atom. The predicted octanol–water partition coefficient (Wildman–Crippen LogP) is 3.36. The van der Waals surface area contributed by atoms with Crippen LogP contribution in [-0.2, 0) is 4.79 Å². The van der Waals surface area contributed by atoms with E-state index in [1.165, 1.54) is 0 Å². The first kappa shape index (κ1) is 18.6. The molecule has 0 unspecified atom stereocenters. The monoisotopic (exact) mass is 343 g/mol.